The van der Waals surface area contributed by atoms with Crippen molar-refractivity contribution in [1.29, 1.82) is 0 Å². The Hall–Kier alpha value is -1.88. The molecule has 2 rings (SSSR count). The van der Waals surface area contributed by atoms with Crippen molar-refractivity contribution in [2.24, 2.45) is 5.73 Å². The second kappa shape index (κ2) is 5.18. The zero-order valence-electron chi connectivity index (χ0n) is 9.98. The highest BCUT2D eigenvalue weighted by molar-refractivity contribution is 5.96. The first-order valence-corrected chi connectivity index (χ1v) is 5.96. The summed E-state index contributed by atoms with van der Waals surface area (Å²) in [6.07, 6.45) is 1.23. The number of aliphatic carboxylic acids is 1. The third kappa shape index (κ3) is 2.68. The molecule has 5 nitrogen and oxygen atoms in total. The van der Waals surface area contributed by atoms with Gasteiger partial charge in [-0.15, -0.1) is 0 Å². The van der Waals surface area contributed by atoms with Crippen molar-refractivity contribution in [2.75, 3.05) is 6.54 Å². The maximum atomic E-state index is 11.7. The molecule has 0 bridgehead atoms. The Labute approximate surface area is 105 Å². The van der Waals surface area contributed by atoms with Gasteiger partial charge in [-0.2, -0.15) is 0 Å². The summed E-state index contributed by atoms with van der Waals surface area (Å²) in [6.45, 7) is 0.663. The van der Waals surface area contributed by atoms with E-state index in [1.165, 1.54) is 0 Å². The largest absolute Gasteiger partial charge is 0.481 e. The van der Waals surface area contributed by atoms with E-state index < -0.39 is 5.97 Å². The number of carbonyl (C=O) groups excluding carboxylic acids is 1. The fraction of sp³-hybridized carbons (Fsp3) is 0.385. The van der Waals surface area contributed by atoms with E-state index in [2.05, 4.69) is 5.32 Å². The molecule has 0 saturated heterocycles. The summed E-state index contributed by atoms with van der Waals surface area (Å²) < 4.78 is 0. The molecule has 5 heteroatoms. The van der Waals surface area contributed by atoms with Gasteiger partial charge in [0.15, 0.2) is 0 Å². The van der Waals surface area contributed by atoms with Gasteiger partial charge in [0.1, 0.15) is 0 Å². The molecule has 96 valence electrons. The Kier molecular flexibility index (Phi) is 3.62. The summed E-state index contributed by atoms with van der Waals surface area (Å²) in [6, 6.07) is 5.21. The Morgan fingerprint density at radius 2 is 2.28 bits per heavy atom. The maximum absolute atomic E-state index is 11.7. The van der Waals surface area contributed by atoms with Gasteiger partial charge < -0.3 is 16.2 Å². The summed E-state index contributed by atoms with van der Waals surface area (Å²) in [4.78, 5) is 22.2. The number of carbonyl (C=O) groups is 2. The Bertz CT molecular complexity index is 485. The molecule has 0 aliphatic carbocycles. The SMILES string of the molecule is NC(CCC(=O)O)c1ccc2c(c1)C(=O)NCC2. The Balaban J connectivity index is 2.17. The lowest BCUT2D eigenvalue weighted by Crippen LogP contribution is -2.32. The molecule has 0 spiro atoms. The molecule has 1 aromatic carbocycles. The van der Waals surface area contributed by atoms with Crippen LogP contribution in [0.5, 0.6) is 0 Å². The molecule has 0 aromatic heterocycles. The van der Waals surface area contributed by atoms with Crippen LogP contribution in [0.4, 0.5) is 0 Å². The van der Waals surface area contributed by atoms with Crippen LogP contribution in [-0.4, -0.2) is 23.5 Å². The second-order valence-electron chi connectivity index (χ2n) is 4.46. The monoisotopic (exact) mass is 248 g/mol. The first-order chi connectivity index (χ1) is 8.58. The van der Waals surface area contributed by atoms with Crippen LogP contribution in [0.3, 0.4) is 0 Å². The predicted octanol–water partition coefficient (Wildman–Crippen LogP) is 0.837. The highest BCUT2D eigenvalue weighted by atomic mass is 16.4. The van der Waals surface area contributed by atoms with Gasteiger partial charge in [-0.1, -0.05) is 12.1 Å². The number of benzene rings is 1. The van der Waals surface area contributed by atoms with Crippen LogP contribution in [0, 0.1) is 0 Å². The fourth-order valence-electron chi connectivity index (χ4n) is 2.11. The van der Waals surface area contributed by atoms with Crippen LogP contribution in [0.2, 0.25) is 0 Å². The number of fused-ring (bicyclic) bond motifs is 1. The minimum atomic E-state index is -0.860. The van der Waals surface area contributed by atoms with Gasteiger partial charge in [0.25, 0.3) is 5.91 Å². The van der Waals surface area contributed by atoms with E-state index >= 15 is 0 Å². The zero-order chi connectivity index (χ0) is 13.1. The van der Waals surface area contributed by atoms with Crippen molar-refractivity contribution in [2.45, 2.75) is 25.3 Å². The van der Waals surface area contributed by atoms with Crippen molar-refractivity contribution in [3.63, 3.8) is 0 Å². The number of carboxylic acids is 1. The number of rotatable bonds is 4. The van der Waals surface area contributed by atoms with Crippen molar-refractivity contribution >= 4 is 11.9 Å². The average molecular weight is 248 g/mol. The third-order valence-corrected chi connectivity index (χ3v) is 3.16. The molecule has 0 fully saturated rings. The predicted molar refractivity (Wildman–Crippen MR) is 66.3 cm³/mol. The molecular formula is C13H16N2O3. The lowest BCUT2D eigenvalue weighted by Gasteiger charge is -2.19. The van der Waals surface area contributed by atoms with Gasteiger partial charge >= 0.3 is 5.97 Å². The molecule has 1 aliphatic heterocycles. The highest BCUT2D eigenvalue weighted by Gasteiger charge is 2.18. The van der Waals surface area contributed by atoms with Crippen LogP contribution < -0.4 is 11.1 Å². The molecule has 18 heavy (non-hydrogen) atoms. The smallest absolute Gasteiger partial charge is 0.303 e. The van der Waals surface area contributed by atoms with E-state index in [-0.39, 0.29) is 18.4 Å². The minimum Gasteiger partial charge on any atom is -0.481 e. The lowest BCUT2D eigenvalue weighted by atomic mass is 9.94. The summed E-state index contributed by atoms with van der Waals surface area (Å²) >= 11 is 0. The van der Waals surface area contributed by atoms with E-state index in [4.69, 9.17) is 10.8 Å². The highest BCUT2D eigenvalue weighted by Crippen LogP contribution is 2.21. The number of nitrogens with one attached hydrogen (secondary N) is 1. The van der Waals surface area contributed by atoms with Gasteiger partial charge in [0, 0.05) is 24.6 Å². The van der Waals surface area contributed by atoms with Crippen LogP contribution in [0.15, 0.2) is 18.2 Å². The minimum absolute atomic E-state index is 0.0322. The zero-order valence-corrected chi connectivity index (χ0v) is 9.98. The van der Waals surface area contributed by atoms with E-state index in [1.807, 2.05) is 12.1 Å². The molecule has 1 heterocycles. The van der Waals surface area contributed by atoms with E-state index in [0.717, 1.165) is 17.5 Å². The topological polar surface area (TPSA) is 92.4 Å². The summed E-state index contributed by atoms with van der Waals surface area (Å²) in [5.41, 5.74) is 8.42. The average Bonchev–Trinajstić information content (AvgIpc) is 2.36. The van der Waals surface area contributed by atoms with Crippen LogP contribution in [-0.2, 0) is 11.2 Å². The van der Waals surface area contributed by atoms with Crippen LogP contribution in [0.25, 0.3) is 0 Å². The van der Waals surface area contributed by atoms with Crippen LogP contribution in [0.1, 0.15) is 40.4 Å². The molecular weight excluding hydrogens is 232 g/mol. The van der Waals surface area contributed by atoms with Gasteiger partial charge in [-0.3, -0.25) is 9.59 Å². The fourth-order valence-corrected chi connectivity index (χ4v) is 2.11. The third-order valence-electron chi connectivity index (χ3n) is 3.16. The molecule has 0 radical (unpaired) electrons. The molecule has 1 amide bonds. The van der Waals surface area contributed by atoms with E-state index in [9.17, 15) is 9.59 Å². The van der Waals surface area contributed by atoms with Gasteiger partial charge in [0.05, 0.1) is 0 Å². The van der Waals surface area contributed by atoms with Crippen molar-refractivity contribution in [1.82, 2.24) is 5.32 Å². The second-order valence-corrected chi connectivity index (χ2v) is 4.46. The molecule has 1 aliphatic rings. The first kappa shape index (κ1) is 12.6. The normalized spacial score (nSPS) is 15.7. The van der Waals surface area contributed by atoms with E-state index in [0.29, 0.717) is 18.5 Å². The molecule has 4 N–H and O–H groups in total. The number of amides is 1. The number of carboxylic acid groups (broad SMARTS) is 1. The van der Waals surface area contributed by atoms with Gasteiger partial charge in [-0.25, -0.2) is 0 Å². The Morgan fingerprint density at radius 3 is 3.00 bits per heavy atom. The van der Waals surface area contributed by atoms with Crippen molar-refractivity contribution in [3.8, 4) is 0 Å². The van der Waals surface area contributed by atoms with Gasteiger partial charge in [0.2, 0.25) is 0 Å². The standard InChI is InChI=1S/C13H16N2O3/c14-11(3-4-12(16)17)9-2-1-8-5-6-15-13(18)10(8)7-9/h1-2,7,11H,3-6,14H2,(H,15,18)(H,16,17). The number of hydrogen-bond donors (Lipinski definition) is 3. The molecule has 0 saturated carbocycles. The summed E-state index contributed by atoms with van der Waals surface area (Å²) in [7, 11) is 0. The molecule has 1 aromatic rings. The first-order valence-electron chi connectivity index (χ1n) is 5.96. The van der Waals surface area contributed by atoms with Gasteiger partial charge in [-0.05, 0) is 30.0 Å². The molecule has 1 unspecified atom stereocenters. The Morgan fingerprint density at radius 1 is 1.50 bits per heavy atom. The van der Waals surface area contributed by atoms with Crippen molar-refractivity contribution in [3.05, 3.63) is 34.9 Å². The maximum Gasteiger partial charge on any atom is 0.303 e. The lowest BCUT2D eigenvalue weighted by molar-refractivity contribution is -0.137. The quantitative estimate of drug-likeness (QED) is 0.736. The number of nitrogens with two attached hydrogens (primary N) is 1. The van der Waals surface area contributed by atoms with E-state index in [1.54, 1.807) is 6.07 Å². The summed E-state index contributed by atoms with van der Waals surface area (Å²) in [5, 5.41) is 11.4. The van der Waals surface area contributed by atoms with Crippen molar-refractivity contribution < 1.29 is 14.7 Å². The summed E-state index contributed by atoms with van der Waals surface area (Å²) in [5.74, 6) is -0.940. The van der Waals surface area contributed by atoms with Crippen LogP contribution >= 0.6 is 0 Å². The number of hydrogen-bond acceptors (Lipinski definition) is 3. The molecule has 1 atom stereocenters.